The highest BCUT2D eigenvalue weighted by Gasteiger charge is 2.27. The van der Waals surface area contributed by atoms with Gasteiger partial charge in [0.2, 0.25) is 0 Å². The molecule has 66 heavy (non-hydrogen) atoms. The predicted molar refractivity (Wildman–Crippen MR) is 279 cm³/mol. The number of quaternary nitrogens is 1. The monoisotopic (exact) mass is 945 g/mol. The number of carbonyl (C=O) groups is 2. The normalized spacial score (nSPS) is 14.1. The summed E-state index contributed by atoms with van der Waals surface area (Å²) in [6, 6.07) is 0. The molecule has 0 aliphatic heterocycles. The molecule has 0 aliphatic rings. The maximum atomic E-state index is 12.7. The minimum Gasteiger partial charge on any atom is -0.462 e. The Morgan fingerprint density at radius 1 is 0.485 bits per heavy atom. The number of phosphoric acid groups is 1. The second-order valence-electron chi connectivity index (χ2n) is 18.5. The first-order valence-electron chi connectivity index (χ1n) is 26.3. The summed E-state index contributed by atoms with van der Waals surface area (Å²) in [5, 5.41) is 0. The van der Waals surface area contributed by atoms with Gasteiger partial charge in [0.15, 0.2) is 6.10 Å². The molecule has 0 saturated carbocycles. The Hall–Kier alpha value is -2.81. The van der Waals surface area contributed by atoms with Crippen molar-refractivity contribution in [2.75, 3.05) is 47.5 Å². The number of hydrogen-bond acceptors (Lipinski definition) is 7. The van der Waals surface area contributed by atoms with Gasteiger partial charge in [-0.3, -0.25) is 18.6 Å². The van der Waals surface area contributed by atoms with Crippen LogP contribution in [0.5, 0.6) is 0 Å². The molecule has 0 aromatic rings. The van der Waals surface area contributed by atoms with E-state index in [4.69, 9.17) is 18.5 Å². The van der Waals surface area contributed by atoms with Gasteiger partial charge in [0.05, 0.1) is 27.7 Å². The van der Waals surface area contributed by atoms with Gasteiger partial charge in [-0.05, 0) is 89.9 Å². The summed E-state index contributed by atoms with van der Waals surface area (Å²) in [4.78, 5) is 35.6. The van der Waals surface area contributed by atoms with Crippen molar-refractivity contribution in [3.05, 3.63) is 85.1 Å². The average Bonchev–Trinajstić information content (AvgIpc) is 3.27. The number of phosphoric ester groups is 1. The molecule has 0 amide bonds. The van der Waals surface area contributed by atoms with Crippen LogP contribution >= 0.6 is 7.82 Å². The topological polar surface area (TPSA) is 108 Å². The number of carbonyl (C=O) groups excluding carboxylic acids is 2. The van der Waals surface area contributed by atoms with E-state index in [2.05, 4.69) is 98.9 Å². The molecule has 0 fully saturated rings. The molecule has 0 aliphatic carbocycles. The van der Waals surface area contributed by atoms with E-state index in [1.165, 1.54) is 89.9 Å². The van der Waals surface area contributed by atoms with Crippen molar-refractivity contribution in [1.29, 1.82) is 0 Å². The van der Waals surface area contributed by atoms with E-state index in [1.807, 2.05) is 21.1 Å². The quantitative estimate of drug-likeness (QED) is 0.0211. The first-order valence-corrected chi connectivity index (χ1v) is 27.8. The molecule has 1 N–H and O–H groups in total. The third-order valence-corrected chi connectivity index (χ3v) is 11.9. The SMILES string of the molecule is CC/C=C\C/C=C\C/C=C\C/C=C\CCCCCCC(=O)OC(COC(=O)CCCCCCCCCCCC/C=C\C/C=C\C/C=C\CCCCCCC)COP(=O)(O)OCC[N+](C)(C)C. The van der Waals surface area contributed by atoms with Crippen LogP contribution in [-0.2, 0) is 32.7 Å². The lowest BCUT2D eigenvalue weighted by Gasteiger charge is -2.24. The number of likely N-dealkylation sites (N-methyl/N-ethyl adjacent to an activating group) is 1. The van der Waals surface area contributed by atoms with E-state index in [1.54, 1.807) is 0 Å². The Balaban J connectivity index is 4.26. The summed E-state index contributed by atoms with van der Waals surface area (Å²) < 4.78 is 34.4. The van der Waals surface area contributed by atoms with Crippen LogP contribution in [0.2, 0.25) is 0 Å². The Kier molecular flexibility index (Phi) is 45.3. The number of nitrogens with zero attached hydrogens (tertiary/aromatic N) is 1. The van der Waals surface area contributed by atoms with E-state index in [0.29, 0.717) is 17.4 Å². The largest absolute Gasteiger partial charge is 0.472 e. The number of ether oxygens (including phenoxy) is 2. The smallest absolute Gasteiger partial charge is 0.462 e. The van der Waals surface area contributed by atoms with Crippen molar-refractivity contribution in [1.82, 2.24) is 0 Å². The molecule has 0 bridgehead atoms. The number of esters is 2. The zero-order valence-corrected chi connectivity index (χ0v) is 43.8. The van der Waals surface area contributed by atoms with Crippen LogP contribution in [-0.4, -0.2) is 74.9 Å². The van der Waals surface area contributed by atoms with E-state index in [-0.39, 0.29) is 32.0 Å². The lowest BCUT2D eigenvalue weighted by molar-refractivity contribution is -0.870. The van der Waals surface area contributed by atoms with Gasteiger partial charge in [0.1, 0.15) is 19.8 Å². The molecular weight excluding hydrogens is 846 g/mol. The highest BCUT2D eigenvalue weighted by molar-refractivity contribution is 7.47. The highest BCUT2D eigenvalue weighted by atomic mass is 31.2. The van der Waals surface area contributed by atoms with Crippen molar-refractivity contribution in [2.24, 2.45) is 0 Å². The Bertz CT molecular complexity index is 1390. The summed E-state index contributed by atoms with van der Waals surface area (Å²) in [6.45, 7) is 4.26. The zero-order chi connectivity index (χ0) is 48.5. The fourth-order valence-corrected chi connectivity index (χ4v) is 7.58. The van der Waals surface area contributed by atoms with E-state index in [9.17, 15) is 19.0 Å². The van der Waals surface area contributed by atoms with Gasteiger partial charge < -0.3 is 18.9 Å². The third-order valence-electron chi connectivity index (χ3n) is 10.9. The van der Waals surface area contributed by atoms with Gasteiger partial charge >= 0.3 is 19.8 Å². The average molecular weight is 945 g/mol. The van der Waals surface area contributed by atoms with Crippen molar-refractivity contribution in [3.63, 3.8) is 0 Å². The maximum absolute atomic E-state index is 12.7. The molecule has 0 rings (SSSR count). The predicted octanol–water partition coefficient (Wildman–Crippen LogP) is 15.9. The Morgan fingerprint density at radius 3 is 1.29 bits per heavy atom. The molecule has 380 valence electrons. The Labute approximate surface area is 405 Å². The minimum atomic E-state index is -4.39. The first kappa shape index (κ1) is 63.2. The second kappa shape index (κ2) is 47.3. The van der Waals surface area contributed by atoms with Gasteiger partial charge in [-0.2, -0.15) is 0 Å². The van der Waals surface area contributed by atoms with Gasteiger partial charge in [-0.1, -0.05) is 189 Å². The summed E-state index contributed by atoms with van der Waals surface area (Å²) >= 11 is 0. The fraction of sp³-hybridized carbons (Fsp3) is 0.714. The maximum Gasteiger partial charge on any atom is 0.472 e. The molecule has 0 aromatic carbocycles. The van der Waals surface area contributed by atoms with Crippen LogP contribution in [0.15, 0.2) is 85.1 Å². The second-order valence-corrected chi connectivity index (χ2v) is 20.0. The standard InChI is InChI=1S/C56H98NO8P/c1-6-8-10-12-14-16-18-20-22-24-25-26-27-28-29-30-31-33-34-36-38-40-42-44-46-48-55(58)62-52-54(53-64-66(60,61)63-51-50-57(3,4)5)65-56(59)49-47-45-43-41-39-37-35-32-23-21-19-17-15-13-11-9-7-2/h9,11,15,17-18,20-21,23-25,27-28,35,37,54H,6-8,10,12-14,16,19,22,26,29-34,36,38-53H2,1-5H3/p+1/b11-9-,17-15-,20-18-,23-21-,25-24-,28-27-,37-35-. The van der Waals surface area contributed by atoms with Crippen molar-refractivity contribution < 1.29 is 42.1 Å². The fourth-order valence-electron chi connectivity index (χ4n) is 6.84. The number of allylic oxidation sites excluding steroid dienone is 14. The van der Waals surface area contributed by atoms with Crippen LogP contribution < -0.4 is 0 Å². The molecule has 0 spiro atoms. The molecule has 0 radical (unpaired) electrons. The summed E-state index contributed by atoms with van der Waals surface area (Å²) in [5.41, 5.74) is 0. The molecule has 2 atom stereocenters. The van der Waals surface area contributed by atoms with Gasteiger partial charge in [0, 0.05) is 12.8 Å². The first-order chi connectivity index (χ1) is 32.0. The summed E-state index contributed by atoms with van der Waals surface area (Å²) in [5.74, 6) is -0.834. The van der Waals surface area contributed by atoms with Crippen molar-refractivity contribution in [2.45, 2.75) is 213 Å². The van der Waals surface area contributed by atoms with Crippen LogP contribution in [0.1, 0.15) is 206 Å². The number of unbranched alkanes of at least 4 members (excludes halogenated alkanes) is 19. The Morgan fingerprint density at radius 2 is 0.864 bits per heavy atom. The lowest BCUT2D eigenvalue weighted by atomic mass is 10.1. The molecule has 2 unspecified atom stereocenters. The number of hydrogen-bond donors (Lipinski definition) is 1. The molecule has 0 saturated heterocycles. The lowest BCUT2D eigenvalue weighted by Crippen LogP contribution is -2.37. The highest BCUT2D eigenvalue weighted by Crippen LogP contribution is 2.43. The van der Waals surface area contributed by atoms with E-state index >= 15 is 0 Å². The van der Waals surface area contributed by atoms with E-state index < -0.39 is 26.5 Å². The van der Waals surface area contributed by atoms with Crippen LogP contribution in [0.3, 0.4) is 0 Å². The van der Waals surface area contributed by atoms with Crippen LogP contribution in [0.25, 0.3) is 0 Å². The van der Waals surface area contributed by atoms with Crippen molar-refractivity contribution >= 4 is 19.8 Å². The summed E-state index contributed by atoms with van der Waals surface area (Å²) in [6.07, 6.45) is 62.1. The molecule has 10 heteroatoms. The van der Waals surface area contributed by atoms with Crippen LogP contribution in [0, 0.1) is 0 Å². The zero-order valence-electron chi connectivity index (χ0n) is 42.9. The van der Waals surface area contributed by atoms with E-state index in [0.717, 1.165) is 83.5 Å². The number of rotatable bonds is 47. The van der Waals surface area contributed by atoms with Gasteiger partial charge in [-0.15, -0.1) is 0 Å². The van der Waals surface area contributed by atoms with Gasteiger partial charge in [0.25, 0.3) is 0 Å². The summed E-state index contributed by atoms with van der Waals surface area (Å²) in [7, 11) is 1.45. The molecular formula is C56H99NO8P+. The molecule has 0 heterocycles. The minimum absolute atomic E-state index is 0.0217. The third kappa shape index (κ3) is 50.6. The van der Waals surface area contributed by atoms with Crippen molar-refractivity contribution in [3.8, 4) is 0 Å². The van der Waals surface area contributed by atoms with Gasteiger partial charge in [-0.25, -0.2) is 4.57 Å². The molecule has 0 aromatic heterocycles. The molecule has 9 nitrogen and oxygen atoms in total. The van der Waals surface area contributed by atoms with Crippen LogP contribution in [0.4, 0.5) is 0 Å².